The van der Waals surface area contributed by atoms with Crippen LogP contribution >= 0.6 is 0 Å². The predicted octanol–water partition coefficient (Wildman–Crippen LogP) is 2.97. The van der Waals surface area contributed by atoms with E-state index in [-0.39, 0.29) is 17.8 Å². The third-order valence-electron chi connectivity index (χ3n) is 3.68. The van der Waals surface area contributed by atoms with Gasteiger partial charge in [-0.25, -0.2) is 4.79 Å². The Kier molecular flexibility index (Phi) is 5.62. The molecule has 0 saturated heterocycles. The maximum atomic E-state index is 12.3. The number of nitrogens with zero attached hydrogens (tertiary/aromatic N) is 2. The van der Waals surface area contributed by atoms with Gasteiger partial charge in [0.25, 0.3) is 0 Å². The number of H-pyrrole nitrogens is 1. The van der Waals surface area contributed by atoms with Crippen LogP contribution < -0.4 is 5.32 Å². The molecule has 124 valence electrons. The van der Waals surface area contributed by atoms with Crippen molar-refractivity contribution in [1.82, 2.24) is 20.4 Å². The fraction of sp³-hybridized carbons (Fsp3) is 0.412. The van der Waals surface area contributed by atoms with Gasteiger partial charge in [0.1, 0.15) is 5.75 Å². The number of rotatable bonds is 6. The number of amides is 2. The van der Waals surface area contributed by atoms with Crippen molar-refractivity contribution in [3.63, 3.8) is 0 Å². The highest BCUT2D eigenvalue weighted by Gasteiger charge is 2.14. The molecule has 0 aliphatic carbocycles. The van der Waals surface area contributed by atoms with Gasteiger partial charge in [0.2, 0.25) is 0 Å². The van der Waals surface area contributed by atoms with Crippen molar-refractivity contribution in [2.24, 2.45) is 0 Å². The van der Waals surface area contributed by atoms with Gasteiger partial charge in [0, 0.05) is 7.05 Å². The van der Waals surface area contributed by atoms with Gasteiger partial charge in [-0.1, -0.05) is 25.5 Å². The van der Waals surface area contributed by atoms with E-state index in [1.807, 2.05) is 13.0 Å². The first-order valence-electron chi connectivity index (χ1n) is 7.83. The zero-order valence-electron chi connectivity index (χ0n) is 13.8. The van der Waals surface area contributed by atoms with E-state index in [1.165, 1.54) is 0 Å². The normalized spacial score (nSPS) is 12.0. The molecule has 1 aromatic heterocycles. The number of phenols is 1. The molecule has 6 heteroatoms. The van der Waals surface area contributed by atoms with Gasteiger partial charge in [-0.3, -0.25) is 5.10 Å². The van der Waals surface area contributed by atoms with E-state index in [4.69, 9.17) is 0 Å². The van der Waals surface area contributed by atoms with E-state index >= 15 is 0 Å². The first-order valence-corrected chi connectivity index (χ1v) is 7.83. The zero-order chi connectivity index (χ0) is 16.8. The average molecular weight is 316 g/mol. The molecular formula is C17H24N4O2. The lowest BCUT2D eigenvalue weighted by atomic mass is 10.1. The Labute approximate surface area is 136 Å². The van der Waals surface area contributed by atoms with E-state index in [2.05, 4.69) is 22.4 Å². The second-order valence-electron chi connectivity index (χ2n) is 5.75. The monoisotopic (exact) mass is 316 g/mol. The van der Waals surface area contributed by atoms with Crippen LogP contribution in [0, 0.1) is 0 Å². The molecule has 1 atom stereocenters. The predicted molar refractivity (Wildman–Crippen MR) is 89.1 cm³/mol. The molecule has 0 fully saturated rings. The molecular weight excluding hydrogens is 292 g/mol. The third-order valence-corrected chi connectivity index (χ3v) is 3.68. The summed E-state index contributed by atoms with van der Waals surface area (Å²) in [6, 6.07) is 8.53. The van der Waals surface area contributed by atoms with Crippen LogP contribution in [0.2, 0.25) is 0 Å². The fourth-order valence-electron chi connectivity index (χ4n) is 2.34. The molecule has 0 saturated carbocycles. The van der Waals surface area contributed by atoms with Crippen molar-refractivity contribution in [2.45, 2.75) is 39.3 Å². The van der Waals surface area contributed by atoms with Gasteiger partial charge in [-0.15, -0.1) is 0 Å². The lowest BCUT2D eigenvalue weighted by Crippen LogP contribution is -2.38. The van der Waals surface area contributed by atoms with E-state index in [1.54, 1.807) is 36.2 Å². The number of carbonyl (C=O) groups excluding carboxylic acids is 1. The first-order chi connectivity index (χ1) is 11.0. The lowest BCUT2D eigenvalue weighted by Gasteiger charge is -2.21. The molecule has 0 spiro atoms. The summed E-state index contributed by atoms with van der Waals surface area (Å²) >= 11 is 0. The minimum atomic E-state index is -0.155. The van der Waals surface area contributed by atoms with Gasteiger partial charge in [-0.2, -0.15) is 5.10 Å². The molecule has 1 heterocycles. The Morgan fingerprint density at radius 2 is 2.09 bits per heavy atom. The second-order valence-corrected chi connectivity index (χ2v) is 5.75. The van der Waals surface area contributed by atoms with Crippen LogP contribution in [0.15, 0.2) is 30.3 Å². The van der Waals surface area contributed by atoms with Gasteiger partial charge in [0.05, 0.1) is 24.0 Å². The first kappa shape index (κ1) is 16.9. The van der Waals surface area contributed by atoms with Crippen LogP contribution in [-0.4, -0.2) is 33.3 Å². The SMILES string of the molecule is CCCc1cc(CN(C)C(=O)N[C@H](C)c2ccc(O)cc2)[nH]n1. The average Bonchev–Trinajstić information content (AvgIpc) is 2.95. The number of aromatic hydroxyl groups is 1. The number of aromatic amines is 1. The van der Waals surface area contributed by atoms with Crippen molar-refractivity contribution in [3.05, 3.63) is 47.3 Å². The zero-order valence-corrected chi connectivity index (χ0v) is 13.8. The van der Waals surface area contributed by atoms with Gasteiger partial charge >= 0.3 is 6.03 Å². The van der Waals surface area contributed by atoms with Crippen molar-refractivity contribution >= 4 is 6.03 Å². The Bertz CT molecular complexity index is 636. The summed E-state index contributed by atoms with van der Waals surface area (Å²) in [5, 5.41) is 19.4. The Morgan fingerprint density at radius 1 is 1.39 bits per heavy atom. The molecule has 0 aliphatic rings. The molecule has 2 amide bonds. The number of benzene rings is 1. The molecule has 0 radical (unpaired) electrons. The minimum absolute atomic E-state index is 0.136. The number of phenolic OH excluding ortho intramolecular Hbond substituents is 1. The van der Waals surface area contributed by atoms with Crippen LogP contribution in [-0.2, 0) is 13.0 Å². The molecule has 6 nitrogen and oxygen atoms in total. The van der Waals surface area contributed by atoms with Crippen molar-refractivity contribution in [1.29, 1.82) is 0 Å². The highest BCUT2D eigenvalue weighted by molar-refractivity contribution is 5.74. The van der Waals surface area contributed by atoms with Crippen molar-refractivity contribution in [3.8, 4) is 5.75 Å². The summed E-state index contributed by atoms with van der Waals surface area (Å²) in [6.07, 6.45) is 1.98. The van der Waals surface area contributed by atoms with Crippen molar-refractivity contribution in [2.75, 3.05) is 7.05 Å². The fourth-order valence-corrected chi connectivity index (χ4v) is 2.34. The Morgan fingerprint density at radius 3 is 2.74 bits per heavy atom. The standard InChI is InChI=1S/C17H24N4O2/c1-4-5-14-10-15(20-19-14)11-21(3)17(23)18-12(2)13-6-8-16(22)9-7-13/h6-10,12,22H,4-5,11H2,1-3H3,(H,18,23)(H,19,20)/t12-/m1/s1. The minimum Gasteiger partial charge on any atom is -0.508 e. The van der Waals surface area contributed by atoms with Crippen LogP contribution in [0.4, 0.5) is 4.79 Å². The summed E-state index contributed by atoms with van der Waals surface area (Å²) < 4.78 is 0. The number of hydrogen-bond acceptors (Lipinski definition) is 3. The summed E-state index contributed by atoms with van der Waals surface area (Å²) in [7, 11) is 1.75. The maximum Gasteiger partial charge on any atom is 0.317 e. The summed E-state index contributed by atoms with van der Waals surface area (Å²) in [5.41, 5.74) is 2.88. The third kappa shape index (κ3) is 4.74. The van der Waals surface area contributed by atoms with Gasteiger partial charge in [-0.05, 0) is 37.1 Å². The highest BCUT2D eigenvalue weighted by Crippen LogP contribution is 2.16. The van der Waals surface area contributed by atoms with Gasteiger partial charge in [0.15, 0.2) is 0 Å². The maximum absolute atomic E-state index is 12.3. The van der Waals surface area contributed by atoms with Crippen LogP contribution in [0.1, 0.15) is 43.3 Å². The Balaban J connectivity index is 1.89. The van der Waals surface area contributed by atoms with Gasteiger partial charge < -0.3 is 15.3 Å². The van der Waals surface area contributed by atoms with Crippen LogP contribution in [0.5, 0.6) is 5.75 Å². The van der Waals surface area contributed by atoms with Crippen LogP contribution in [0.25, 0.3) is 0 Å². The van der Waals surface area contributed by atoms with E-state index in [9.17, 15) is 9.90 Å². The number of urea groups is 1. The van der Waals surface area contributed by atoms with Crippen LogP contribution in [0.3, 0.4) is 0 Å². The molecule has 2 rings (SSSR count). The summed E-state index contributed by atoms with van der Waals surface area (Å²) in [4.78, 5) is 13.9. The molecule has 3 N–H and O–H groups in total. The van der Waals surface area contributed by atoms with E-state index in [0.717, 1.165) is 29.8 Å². The lowest BCUT2D eigenvalue weighted by molar-refractivity contribution is 0.203. The summed E-state index contributed by atoms with van der Waals surface area (Å²) in [6.45, 7) is 4.50. The number of nitrogens with one attached hydrogen (secondary N) is 2. The smallest absolute Gasteiger partial charge is 0.317 e. The highest BCUT2D eigenvalue weighted by atomic mass is 16.3. The number of aromatic nitrogens is 2. The number of hydrogen-bond donors (Lipinski definition) is 3. The molecule has 23 heavy (non-hydrogen) atoms. The molecule has 1 aromatic carbocycles. The number of carbonyl (C=O) groups is 1. The molecule has 0 aliphatic heterocycles. The van der Waals surface area contributed by atoms with Crippen molar-refractivity contribution < 1.29 is 9.90 Å². The molecule has 0 unspecified atom stereocenters. The second kappa shape index (κ2) is 7.67. The Hall–Kier alpha value is -2.50. The number of aryl methyl sites for hydroxylation is 1. The molecule has 2 aromatic rings. The molecule has 0 bridgehead atoms. The van der Waals surface area contributed by atoms with E-state index < -0.39 is 0 Å². The van der Waals surface area contributed by atoms with E-state index in [0.29, 0.717) is 6.54 Å². The topological polar surface area (TPSA) is 81.3 Å². The largest absolute Gasteiger partial charge is 0.508 e. The quantitative estimate of drug-likeness (QED) is 0.766. The summed E-state index contributed by atoms with van der Waals surface area (Å²) in [5.74, 6) is 0.214.